The summed E-state index contributed by atoms with van der Waals surface area (Å²) in [5.74, 6) is -0.542. The van der Waals surface area contributed by atoms with Gasteiger partial charge in [-0.15, -0.1) is 0 Å². The van der Waals surface area contributed by atoms with Gasteiger partial charge in [0.25, 0.3) is 0 Å². The van der Waals surface area contributed by atoms with E-state index in [-0.39, 0.29) is 29.5 Å². The Hall–Kier alpha value is -0.620. The normalized spacial score (nSPS) is 14.7. The maximum Gasteiger partial charge on any atom is 0.223 e. The van der Waals surface area contributed by atoms with E-state index in [1.807, 2.05) is 27.7 Å². The smallest absolute Gasteiger partial charge is 0.223 e. The van der Waals surface area contributed by atoms with Gasteiger partial charge in [-0.05, 0) is 5.41 Å². The third-order valence-corrected chi connectivity index (χ3v) is 3.15. The van der Waals surface area contributed by atoms with Crippen molar-refractivity contribution in [1.29, 1.82) is 0 Å². The van der Waals surface area contributed by atoms with Crippen LogP contribution in [0.25, 0.3) is 0 Å². The van der Waals surface area contributed by atoms with Gasteiger partial charge in [0.05, 0.1) is 5.75 Å². The summed E-state index contributed by atoms with van der Waals surface area (Å²) in [6, 6.07) is 0. The molecule has 90 valence electrons. The second-order valence-corrected chi connectivity index (χ2v) is 6.48. The Morgan fingerprint density at radius 2 is 1.87 bits per heavy atom. The van der Waals surface area contributed by atoms with Crippen LogP contribution < -0.4 is 10.5 Å². The lowest BCUT2D eigenvalue weighted by molar-refractivity contribution is -0.127. The molecule has 1 atom stereocenters. The average Bonchev–Trinajstić information content (AvgIpc) is 1.98. The van der Waals surface area contributed by atoms with Crippen molar-refractivity contribution in [2.45, 2.75) is 27.7 Å². The van der Waals surface area contributed by atoms with Gasteiger partial charge in [-0.1, -0.05) is 27.7 Å². The molecule has 0 heterocycles. The molecule has 0 saturated heterocycles. The SMILES string of the molecule is CC(C(=O)NCCS(N)(=O)=O)C(C)(C)C. The van der Waals surface area contributed by atoms with Gasteiger partial charge in [-0.3, -0.25) is 4.79 Å². The van der Waals surface area contributed by atoms with Gasteiger partial charge in [0.15, 0.2) is 0 Å². The number of rotatable bonds is 4. The predicted octanol–water partition coefficient (Wildman–Crippen LogP) is 0.0733. The van der Waals surface area contributed by atoms with Crippen LogP contribution in [-0.2, 0) is 14.8 Å². The molecule has 1 unspecified atom stereocenters. The van der Waals surface area contributed by atoms with Gasteiger partial charge < -0.3 is 5.32 Å². The molecule has 0 aromatic heterocycles. The van der Waals surface area contributed by atoms with Crippen LogP contribution in [0.4, 0.5) is 0 Å². The maximum absolute atomic E-state index is 11.5. The highest BCUT2D eigenvalue weighted by Crippen LogP contribution is 2.24. The first-order valence-electron chi connectivity index (χ1n) is 4.82. The first-order chi connectivity index (χ1) is 6.54. The van der Waals surface area contributed by atoms with E-state index >= 15 is 0 Å². The highest BCUT2D eigenvalue weighted by molar-refractivity contribution is 7.89. The highest BCUT2D eigenvalue weighted by Gasteiger charge is 2.26. The summed E-state index contributed by atoms with van der Waals surface area (Å²) in [6.45, 7) is 7.75. The number of carbonyl (C=O) groups excluding carboxylic acids is 1. The summed E-state index contributed by atoms with van der Waals surface area (Å²) >= 11 is 0. The lowest BCUT2D eigenvalue weighted by atomic mass is 9.81. The van der Waals surface area contributed by atoms with Crippen LogP contribution in [0.15, 0.2) is 0 Å². The lowest BCUT2D eigenvalue weighted by Crippen LogP contribution is -2.39. The number of nitrogens with two attached hydrogens (primary N) is 1. The zero-order valence-electron chi connectivity index (χ0n) is 9.70. The van der Waals surface area contributed by atoms with Crippen molar-refractivity contribution >= 4 is 15.9 Å². The fourth-order valence-electron chi connectivity index (χ4n) is 0.863. The van der Waals surface area contributed by atoms with Crippen LogP contribution in [0.2, 0.25) is 0 Å². The number of primary sulfonamides is 1. The van der Waals surface area contributed by atoms with Gasteiger partial charge in [-0.25, -0.2) is 13.6 Å². The maximum atomic E-state index is 11.5. The molecule has 0 aromatic carbocycles. The molecule has 1 amide bonds. The first kappa shape index (κ1) is 14.4. The molecule has 0 aliphatic rings. The molecule has 0 aromatic rings. The van der Waals surface area contributed by atoms with Crippen molar-refractivity contribution in [3.05, 3.63) is 0 Å². The van der Waals surface area contributed by atoms with Crippen LogP contribution in [0.1, 0.15) is 27.7 Å². The number of sulfonamides is 1. The van der Waals surface area contributed by atoms with E-state index < -0.39 is 10.0 Å². The summed E-state index contributed by atoms with van der Waals surface area (Å²) in [5, 5.41) is 7.35. The number of amides is 1. The van der Waals surface area contributed by atoms with E-state index in [1.165, 1.54) is 0 Å². The average molecular weight is 236 g/mol. The first-order valence-corrected chi connectivity index (χ1v) is 6.54. The van der Waals surface area contributed by atoms with Crippen LogP contribution in [0.3, 0.4) is 0 Å². The largest absolute Gasteiger partial charge is 0.355 e. The van der Waals surface area contributed by atoms with Gasteiger partial charge in [0.1, 0.15) is 0 Å². The van der Waals surface area contributed by atoms with Gasteiger partial charge in [0.2, 0.25) is 15.9 Å². The van der Waals surface area contributed by atoms with Crippen molar-refractivity contribution in [2.24, 2.45) is 16.5 Å². The van der Waals surface area contributed by atoms with E-state index in [9.17, 15) is 13.2 Å². The summed E-state index contributed by atoms with van der Waals surface area (Å²) < 4.78 is 21.2. The van der Waals surface area contributed by atoms with E-state index in [2.05, 4.69) is 5.32 Å². The van der Waals surface area contributed by atoms with Crippen LogP contribution >= 0.6 is 0 Å². The van der Waals surface area contributed by atoms with Crippen molar-refractivity contribution < 1.29 is 13.2 Å². The monoisotopic (exact) mass is 236 g/mol. The zero-order chi connectivity index (χ0) is 12.3. The molecular weight excluding hydrogens is 216 g/mol. The van der Waals surface area contributed by atoms with Crippen molar-refractivity contribution in [1.82, 2.24) is 5.32 Å². The van der Waals surface area contributed by atoms with Gasteiger partial charge in [0, 0.05) is 12.5 Å². The molecule has 0 aliphatic heterocycles. The molecular formula is C9H20N2O3S. The molecule has 0 bridgehead atoms. The Morgan fingerprint density at radius 1 is 1.40 bits per heavy atom. The zero-order valence-corrected chi connectivity index (χ0v) is 10.5. The van der Waals surface area contributed by atoms with Crippen molar-refractivity contribution in [3.8, 4) is 0 Å². The lowest BCUT2D eigenvalue weighted by Gasteiger charge is -2.25. The fraction of sp³-hybridized carbons (Fsp3) is 0.889. The number of carbonyl (C=O) groups is 1. The predicted molar refractivity (Wildman–Crippen MR) is 59.6 cm³/mol. The minimum Gasteiger partial charge on any atom is -0.355 e. The molecule has 0 aliphatic carbocycles. The summed E-state index contributed by atoms with van der Waals surface area (Å²) in [4.78, 5) is 11.5. The van der Waals surface area contributed by atoms with E-state index in [0.29, 0.717) is 0 Å². The standard InChI is InChI=1S/C9H20N2O3S/c1-7(9(2,3)4)8(12)11-5-6-15(10,13)14/h7H,5-6H2,1-4H3,(H,11,12)(H2,10,13,14). The fourth-order valence-corrected chi connectivity index (χ4v) is 1.25. The molecule has 0 saturated carbocycles. The summed E-state index contributed by atoms with van der Waals surface area (Å²) in [6.07, 6.45) is 0. The van der Waals surface area contributed by atoms with Gasteiger partial charge >= 0.3 is 0 Å². The number of nitrogens with one attached hydrogen (secondary N) is 1. The van der Waals surface area contributed by atoms with Gasteiger partial charge in [-0.2, -0.15) is 0 Å². The molecule has 0 spiro atoms. The van der Waals surface area contributed by atoms with Crippen LogP contribution in [-0.4, -0.2) is 26.6 Å². The van der Waals surface area contributed by atoms with Crippen molar-refractivity contribution in [3.63, 3.8) is 0 Å². The minimum atomic E-state index is -3.50. The minimum absolute atomic E-state index is 0.0675. The molecule has 6 heteroatoms. The summed E-state index contributed by atoms with van der Waals surface area (Å²) in [5.41, 5.74) is -0.133. The quantitative estimate of drug-likeness (QED) is 0.724. The second-order valence-electron chi connectivity index (χ2n) is 4.75. The number of hydrogen-bond acceptors (Lipinski definition) is 3. The topological polar surface area (TPSA) is 89.3 Å². The Labute approximate surface area is 91.5 Å². The third kappa shape index (κ3) is 6.46. The second kappa shape index (κ2) is 4.94. The van der Waals surface area contributed by atoms with Crippen LogP contribution in [0, 0.1) is 11.3 Å². The molecule has 5 nitrogen and oxygen atoms in total. The summed E-state index contributed by atoms with van der Waals surface area (Å²) in [7, 11) is -3.50. The molecule has 0 rings (SSSR count). The van der Waals surface area contributed by atoms with E-state index in [1.54, 1.807) is 0 Å². The Bertz CT molecular complexity index is 317. The molecule has 0 fully saturated rings. The Morgan fingerprint density at radius 3 is 2.20 bits per heavy atom. The molecule has 15 heavy (non-hydrogen) atoms. The third-order valence-electron chi connectivity index (χ3n) is 2.38. The van der Waals surface area contributed by atoms with E-state index in [4.69, 9.17) is 5.14 Å². The van der Waals surface area contributed by atoms with Crippen LogP contribution in [0.5, 0.6) is 0 Å². The Balaban J connectivity index is 4.07. The molecule has 0 radical (unpaired) electrons. The Kier molecular flexibility index (Phi) is 4.73. The molecule has 3 N–H and O–H groups in total. The van der Waals surface area contributed by atoms with Crippen molar-refractivity contribution in [2.75, 3.05) is 12.3 Å². The van der Waals surface area contributed by atoms with E-state index in [0.717, 1.165) is 0 Å². The number of hydrogen-bond donors (Lipinski definition) is 2. The highest BCUT2D eigenvalue weighted by atomic mass is 32.2.